The largest absolute Gasteiger partial charge is 0.478 e. The molecule has 0 rings (SSSR count). The van der Waals surface area contributed by atoms with Crippen molar-refractivity contribution < 1.29 is 20.1 Å². The van der Waals surface area contributed by atoms with Crippen LogP contribution in [-0.4, -0.2) is 40.0 Å². The molecule has 5 N–H and O–H groups in total. The Kier molecular flexibility index (Phi) is 10.3. The summed E-state index contributed by atoms with van der Waals surface area (Å²) in [5.41, 5.74) is 5.10. The van der Waals surface area contributed by atoms with E-state index in [4.69, 9.17) is 21.1 Å². The number of carboxylic acid groups (broad SMARTS) is 1. The summed E-state index contributed by atoms with van der Waals surface area (Å²) in [7, 11) is 0. The molecule has 0 heterocycles. The zero-order chi connectivity index (χ0) is 10.9. The molecule has 0 aromatic rings. The van der Waals surface area contributed by atoms with Crippen LogP contribution in [0.15, 0.2) is 12.7 Å². The zero-order valence-corrected chi connectivity index (χ0v) is 7.68. The van der Waals surface area contributed by atoms with E-state index in [1.807, 2.05) is 0 Å². The number of aliphatic hydroxyl groups is 2. The summed E-state index contributed by atoms with van der Waals surface area (Å²) in [6, 6.07) is 0. The second-order valence-corrected chi connectivity index (χ2v) is 2.43. The normalized spacial score (nSPS) is 13.5. The second kappa shape index (κ2) is 9.18. The fraction of sp³-hybridized carbons (Fsp3) is 0.625. The molecule has 0 bridgehead atoms. The Morgan fingerprint density at radius 1 is 1.62 bits per heavy atom. The predicted molar refractivity (Wildman–Crippen MR) is 49.2 cm³/mol. The Balaban J connectivity index is 0. The van der Waals surface area contributed by atoms with Crippen LogP contribution in [0.25, 0.3) is 0 Å². The van der Waals surface area contributed by atoms with Gasteiger partial charge < -0.3 is 21.1 Å². The maximum absolute atomic E-state index is 9.25. The van der Waals surface area contributed by atoms with E-state index < -0.39 is 18.2 Å². The molecule has 0 spiro atoms. The first-order chi connectivity index (χ1) is 5.95. The Bertz CT molecular complexity index is 147. The van der Waals surface area contributed by atoms with Gasteiger partial charge in [0.15, 0.2) is 0 Å². The highest BCUT2D eigenvalue weighted by atomic mass is 16.4. The minimum absolute atomic E-state index is 0.423. The van der Waals surface area contributed by atoms with Crippen molar-refractivity contribution in [3.05, 3.63) is 12.7 Å². The highest BCUT2D eigenvalue weighted by Crippen LogP contribution is 1.94. The fourth-order valence-electron chi connectivity index (χ4n) is 0.412. The van der Waals surface area contributed by atoms with Gasteiger partial charge in [0.05, 0.1) is 12.2 Å². The van der Waals surface area contributed by atoms with E-state index in [0.717, 1.165) is 6.08 Å². The van der Waals surface area contributed by atoms with Crippen LogP contribution in [0.4, 0.5) is 0 Å². The first-order valence-corrected chi connectivity index (χ1v) is 3.87. The predicted octanol–water partition coefficient (Wildman–Crippen LogP) is -0.666. The van der Waals surface area contributed by atoms with Gasteiger partial charge in [0.2, 0.25) is 0 Å². The molecule has 2 unspecified atom stereocenters. The van der Waals surface area contributed by atoms with Crippen LogP contribution in [0, 0.1) is 0 Å². The van der Waals surface area contributed by atoms with Crippen molar-refractivity contribution in [1.82, 2.24) is 0 Å². The lowest BCUT2D eigenvalue weighted by atomic mass is 10.2. The second-order valence-electron chi connectivity index (χ2n) is 2.43. The molecule has 13 heavy (non-hydrogen) atoms. The Hall–Kier alpha value is -0.910. The molecule has 0 aromatic heterocycles. The van der Waals surface area contributed by atoms with Crippen LogP contribution in [-0.2, 0) is 4.79 Å². The minimum Gasteiger partial charge on any atom is -0.478 e. The maximum atomic E-state index is 9.25. The number of rotatable bonds is 4. The van der Waals surface area contributed by atoms with E-state index >= 15 is 0 Å². The van der Waals surface area contributed by atoms with Gasteiger partial charge in [-0.25, -0.2) is 4.79 Å². The van der Waals surface area contributed by atoms with Crippen molar-refractivity contribution in [3.63, 3.8) is 0 Å². The van der Waals surface area contributed by atoms with Crippen molar-refractivity contribution in [1.29, 1.82) is 0 Å². The summed E-state index contributed by atoms with van der Waals surface area (Å²) in [6.07, 6.45) is -0.00366. The van der Waals surface area contributed by atoms with Crippen molar-refractivity contribution in [2.45, 2.75) is 25.6 Å². The Labute approximate surface area is 77.5 Å². The molecule has 0 fully saturated rings. The molecule has 5 nitrogen and oxygen atoms in total. The van der Waals surface area contributed by atoms with Crippen LogP contribution in [0.1, 0.15) is 13.3 Å². The summed E-state index contributed by atoms with van der Waals surface area (Å²) in [6.45, 7) is 4.93. The van der Waals surface area contributed by atoms with E-state index in [1.54, 1.807) is 6.92 Å². The lowest BCUT2D eigenvalue weighted by Gasteiger charge is -2.10. The molecule has 5 heteroatoms. The van der Waals surface area contributed by atoms with E-state index in [1.165, 1.54) is 0 Å². The van der Waals surface area contributed by atoms with Crippen molar-refractivity contribution >= 4 is 5.97 Å². The van der Waals surface area contributed by atoms with E-state index in [9.17, 15) is 4.79 Å². The standard InChI is InChI=1S/C5H13NO2.C3H4O2/c1-4(7)5(8)2-3-6;1-2-3(4)5/h4-5,7-8H,2-3,6H2,1H3;2H,1H2,(H,4,5). The molecule has 0 saturated heterocycles. The maximum Gasteiger partial charge on any atom is 0.327 e. The summed E-state index contributed by atoms with van der Waals surface area (Å²) < 4.78 is 0. The molecule has 78 valence electrons. The number of carboxylic acids is 1. The smallest absolute Gasteiger partial charge is 0.327 e. The quantitative estimate of drug-likeness (QED) is 0.441. The molecule has 0 saturated carbocycles. The Morgan fingerprint density at radius 2 is 2.00 bits per heavy atom. The van der Waals surface area contributed by atoms with Gasteiger partial charge in [0.1, 0.15) is 0 Å². The number of aliphatic hydroxyl groups excluding tert-OH is 2. The van der Waals surface area contributed by atoms with E-state index in [-0.39, 0.29) is 0 Å². The highest BCUT2D eigenvalue weighted by Gasteiger charge is 2.07. The number of carbonyl (C=O) groups is 1. The van der Waals surface area contributed by atoms with Gasteiger partial charge in [-0.3, -0.25) is 0 Å². The van der Waals surface area contributed by atoms with Crippen LogP contribution in [0.5, 0.6) is 0 Å². The van der Waals surface area contributed by atoms with E-state index in [2.05, 4.69) is 6.58 Å². The van der Waals surface area contributed by atoms with Crippen LogP contribution in [0.3, 0.4) is 0 Å². The topological polar surface area (TPSA) is 104 Å². The third-order valence-electron chi connectivity index (χ3n) is 1.19. The van der Waals surface area contributed by atoms with Crippen molar-refractivity contribution in [3.8, 4) is 0 Å². The zero-order valence-electron chi connectivity index (χ0n) is 7.68. The summed E-state index contributed by atoms with van der Waals surface area (Å²) in [5, 5.41) is 25.0. The third kappa shape index (κ3) is 14.0. The van der Waals surface area contributed by atoms with Gasteiger partial charge >= 0.3 is 5.97 Å². The molecule has 2 atom stereocenters. The van der Waals surface area contributed by atoms with Gasteiger partial charge in [-0.05, 0) is 19.9 Å². The SMILES string of the molecule is C=CC(=O)O.CC(O)C(O)CCN. The van der Waals surface area contributed by atoms with Crippen LogP contribution < -0.4 is 5.73 Å². The molecule has 0 aliphatic carbocycles. The number of aliphatic carboxylic acids is 1. The number of hydrogen-bond acceptors (Lipinski definition) is 4. The van der Waals surface area contributed by atoms with Gasteiger partial charge in [-0.1, -0.05) is 6.58 Å². The van der Waals surface area contributed by atoms with Gasteiger partial charge in [-0.2, -0.15) is 0 Å². The van der Waals surface area contributed by atoms with Gasteiger partial charge in [-0.15, -0.1) is 0 Å². The van der Waals surface area contributed by atoms with E-state index in [0.29, 0.717) is 13.0 Å². The lowest BCUT2D eigenvalue weighted by molar-refractivity contribution is -0.131. The molecule has 0 radical (unpaired) electrons. The summed E-state index contributed by atoms with van der Waals surface area (Å²) in [5.74, 6) is -0.981. The minimum atomic E-state index is -0.981. The highest BCUT2D eigenvalue weighted by molar-refractivity contribution is 5.78. The Morgan fingerprint density at radius 3 is 2.08 bits per heavy atom. The third-order valence-corrected chi connectivity index (χ3v) is 1.19. The molecule has 0 aromatic carbocycles. The average molecular weight is 191 g/mol. The molecule has 0 aliphatic heterocycles. The monoisotopic (exact) mass is 191 g/mol. The van der Waals surface area contributed by atoms with Crippen molar-refractivity contribution in [2.75, 3.05) is 6.54 Å². The van der Waals surface area contributed by atoms with Crippen molar-refractivity contribution in [2.24, 2.45) is 5.73 Å². The first-order valence-electron chi connectivity index (χ1n) is 3.87. The molecular weight excluding hydrogens is 174 g/mol. The summed E-state index contributed by atoms with van der Waals surface area (Å²) in [4.78, 5) is 9.25. The average Bonchev–Trinajstić information content (AvgIpc) is 2.06. The molecule has 0 aliphatic rings. The fourth-order valence-corrected chi connectivity index (χ4v) is 0.412. The van der Waals surface area contributed by atoms with Crippen LogP contribution in [0.2, 0.25) is 0 Å². The number of nitrogens with two attached hydrogens (primary N) is 1. The molecular formula is C8H17NO4. The first kappa shape index (κ1) is 14.6. The van der Waals surface area contributed by atoms with Crippen LogP contribution >= 0.6 is 0 Å². The summed E-state index contributed by atoms with van der Waals surface area (Å²) >= 11 is 0. The van der Waals surface area contributed by atoms with Gasteiger partial charge in [0, 0.05) is 6.08 Å². The van der Waals surface area contributed by atoms with Gasteiger partial charge in [0.25, 0.3) is 0 Å². The lowest BCUT2D eigenvalue weighted by Crippen LogP contribution is -2.25. The molecule has 0 amide bonds. The number of hydrogen-bond donors (Lipinski definition) is 4.